The summed E-state index contributed by atoms with van der Waals surface area (Å²) in [6, 6.07) is 16.8. The van der Waals surface area contributed by atoms with Crippen LogP contribution in [-0.4, -0.2) is 39.1 Å². The largest absolute Gasteiger partial charge is 0.480 e. The number of hydrogen-bond acceptors (Lipinski definition) is 3. The van der Waals surface area contributed by atoms with Crippen molar-refractivity contribution < 1.29 is 24.6 Å². The highest BCUT2D eigenvalue weighted by Gasteiger charge is 2.55. The fourth-order valence-corrected chi connectivity index (χ4v) is 3.40. The van der Waals surface area contributed by atoms with Gasteiger partial charge in [0.05, 0.1) is 0 Å². The maximum atomic E-state index is 12.3. The second-order valence-electron chi connectivity index (χ2n) is 6.72. The van der Waals surface area contributed by atoms with E-state index in [1.165, 1.54) is 6.92 Å². The third-order valence-electron chi connectivity index (χ3n) is 4.91. The van der Waals surface area contributed by atoms with E-state index >= 15 is 0 Å². The van der Waals surface area contributed by atoms with E-state index in [1.54, 1.807) is 0 Å². The molecule has 26 heavy (non-hydrogen) atoms. The number of carbonyl (C=O) groups is 3. The Balaban J connectivity index is 1.82. The van der Waals surface area contributed by atoms with Crippen molar-refractivity contribution in [1.82, 2.24) is 4.90 Å². The van der Waals surface area contributed by atoms with Crippen LogP contribution in [-0.2, 0) is 16.0 Å². The molecule has 0 aromatic heterocycles. The molecular weight excluding hydrogens is 334 g/mol. The van der Waals surface area contributed by atoms with Gasteiger partial charge in [0.2, 0.25) is 5.91 Å². The lowest BCUT2D eigenvalue weighted by atomic mass is 9.86. The molecule has 2 atom stereocenters. The maximum Gasteiger partial charge on any atom is 0.414 e. The molecule has 1 aliphatic rings. The summed E-state index contributed by atoms with van der Waals surface area (Å²) in [7, 11) is 0. The minimum absolute atomic E-state index is 0.0338. The van der Waals surface area contributed by atoms with E-state index < -0.39 is 29.4 Å². The predicted molar refractivity (Wildman–Crippen MR) is 94.6 cm³/mol. The minimum Gasteiger partial charge on any atom is -0.480 e. The van der Waals surface area contributed by atoms with Crippen molar-refractivity contribution in [2.45, 2.75) is 25.8 Å². The van der Waals surface area contributed by atoms with E-state index in [0.717, 1.165) is 16.7 Å². The number of rotatable bonds is 4. The van der Waals surface area contributed by atoms with Crippen molar-refractivity contribution in [3.63, 3.8) is 0 Å². The Morgan fingerprint density at radius 1 is 1.04 bits per heavy atom. The molecule has 134 valence electrons. The van der Waals surface area contributed by atoms with E-state index in [4.69, 9.17) is 0 Å². The molecular formula is C20H19NO5. The number of carboxylic acid groups (broad SMARTS) is 2. The molecule has 3 rings (SSSR count). The van der Waals surface area contributed by atoms with Crippen molar-refractivity contribution in [3.8, 4) is 11.1 Å². The lowest BCUT2D eigenvalue weighted by molar-refractivity contribution is -0.154. The molecule has 1 fully saturated rings. The number of imide groups is 1. The van der Waals surface area contributed by atoms with Crippen molar-refractivity contribution in [2.75, 3.05) is 0 Å². The average Bonchev–Trinajstić information content (AvgIpc) is 2.88. The van der Waals surface area contributed by atoms with Crippen molar-refractivity contribution in [1.29, 1.82) is 0 Å². The minimum atomic E-state index is -1.70. The summed E-state index contributed by atoms with van der Waals surface area (Å²) >= 11 is 0. The van der Waals surface area contributed by atoms with Gasteiger partial charge >= 0.3 is 12.1 Å². The normalized spacial score (nSPS) is 22.4. The topological polar surface area (TPSA) is 94.9 Å². The van der Waals surface area contributed by atoms with E-state index in [0.29, 0.717) is 4.90 Å². The van der Waals surface area contributed by atoms with Gasteiger partial charge in [-0.15, -0.1) is 0 Å². The van der Waals surface area contributed by atoms with Crippen LogP contribution in [0.2, 0.25) is 0 Å². The molecule has 2 aromatic rings. The van der Waals surface area contributed by atoms with E-state index in [9.17, 15) is 24.6 Å². The Morgan fingerprint density at radius 2 is 1.62 bits per heavy atom. The van der Waals surface area contributed by atoms with Crippen molar-refractivity contribution >= 4 is 18.0 Å². The number of amides is 2. The Bertz CT molecular complexity index is 846. The van der Waals surface area contributed by atoms with Crippen molar-refractivity contribution in [2.24, 2.45) is 5.41 Å². The van der Waals surface area contributed by atoms with Crippen LogP contribution >= 0.6 is 0 Å². The summed E-state index contributed by atoms with van der Waals surface area (Å²) in [5.41, 5.74) is 1.25. The zero-order chi connectivity index (χ0) is 18.9. The van der Waals surface area contributed by atoms with Crippen LogP contribution in [0.3, 0.4) is 0 Å². The number of aliphatic carboxylic acids is 1. The maximum absolute atomic E-state index is 12.3. The van der Waals surface area contributed by atoms with Crippen LogP contribution in [0.4, 0.5) is 4.79 Å². The number of carboxylic acids is 1. The van der Waals surface area contributed by atoms with Crippen LogP contribution in [0.25, 0.3) is 11.1 Å². The van der Waals surface area contributed by atoms with E-state index in [-0.39, 0.29) is 12.8 Å². The van der Waals surface area contributed by atoms with Crippen LogP contribution in [0, 0.1) is 5.41 Å². The number of nitrogens with zero attached hydrogens (tertiary/aromatic N) is 1. The van der Waals surface area contributed by atoms with Gasteiger partial charge in [0.25, 0.3) is 0 Å². The zero-order valence-corrected chi connectivity index (χ0v) is 14.3. The molecule has 1 heterocycles. The summed E-state index contributed by atoms with van der Waals surface area (Å²) < 4.78 is 0. The van der Waals surface area contributed by atoms with Gasteiger partial charge in [0.15, 0.2) is 0 Å². The predicted octanol–water partition coefficient (Wildman–Crippen LogP) is 3.27. The zero-order valence-electron chi connectivity index (χ0n) is 14.3. The molecule has 1 saturated heterocycles. The fourth-order valence-electron chi connectivity index (χ4n) is 3.40. The number of benzene rings is 2. The first-order valence-corrected chi connectivity index (χ1v) is 8.27. The van der Waals surface area contributed by atoms with Gasteiger partial charge in [0, 0.05) is 6.04 Å². The first-order chi connectivity index (χ1) is 12.3. The van der Waals surface area contributed by atoms with Gasteiger partial charge in [0.1, 0.15) is 5.41 Å². The van der Waals surface area contributed by atoms with Gasteiger partial charge in [-0.25, -0.2) is 9.69 Å². The number of hydrogen-bond donors (Lipinski definition) is 2. The lowest BCUT2D eigenvalue weighted by Gasteiger charge is -2.19. The monoisotopic (exact) mass is 353 g/mol. The first kappa shape index (κ1) is 17.7. The summed E-state index contributed by atoms with van der Waals surface area (Å²) in [5, 5.41) is 18.7. The van der Waals surface area contributed by atoms with Gasteiger partial charge < -0.3 is 10.2 Å². The Labute approximate surface area is 150 Å². The SMILES string of the molecule is C[C@]1(C(=O)O)C[C@@H](Cc2ccc(-c3ccccc3)cc2)N(C(=O)O)C1=O. The van der Waals surface area contributed by atoms with E-state index in [2.05, 4.69) is 0 Å². The third-order valence-corrected chi connectivity index (χ3v) is 4.91. The van der Waals surface area contributed by atoms with Crippen LogP contribution < -0.4 is 0 Å². The van der Waals surface area contributed by atoms with Gasteiger partial charge in [-0.1, -0.05) is 54.6 Å². The van der Waals surface area contributed by atoms with Crippen LogP contribution in [0.5, 0.6) is 0 Å². The molecule has 0 aliphatic carbocycles. The first-order valence-electron chi connectivity index (χ1n) is 8.27. The lowest BCUT2D eigenvalue weighted by Crippen LogP contribution is -2.42. The quantitative estimate of drug-likeness (QED) is 0.823. The number of likely N-dealkylation sites (tertiary alicyclic amines) is 1. The smallest absolute Gasteiger partial charge is 0.414 e. The highest BCUT2D eigenvalue weighted by atomic mass is 16.4. The molecule has 2 aromatic carbocycles. The summed E-state index contributed by atoms with van der Waals surface area (Å²) in [6.07, 6.45) is -1.16. The highest BCUT2D eigenvalue weighted by Crippen LogP contribution is 2.38. The second kappa shape index (κ2) is 6.63. The van der Waals surface area contributed by atoms with Gasteiger partial charge in [-0.05, 0) is 36.5 Å². The third kappa shape index (κ3) is 3.06. The van der Waals surface area contributed by atoms with Gasteiger partial charge in [-0.3, -0.25) is 9.59 Å². The van der Waals surface area contributed by atoms with Gasteiger partial charge in [-0.2, -0.15) is 0 Å². The van der Waals surface area contributed by atoms with Crippen LogP contribution in [0.1, 0.15) is 18.9 Å². The van der Waals surface area contributed by atoms with E-state index in [1.807, 2.05) is 54.6 Å². The number of carbonyl (C=O) groups excluding carboxylic acids is 1. The molecule has 0 radical (unpaired) electrons. The molecule has 0 spiro atoms. The van der Waals surface area contributed by atoms with Crippen molar-refractivity contribution in [3.05, 3.63) is 60.2 Å². The second-order valence-corrected chi connectivity index (χ2v) is 6.72. The summed E-state index contributed by atoms with van der Waals surface area (Å²) in [4.78, 5) is 35.9. The van der Waals surface area contributed by atoms with Crippen LogP contribution in [0.15, 0.2) is 54.6 Å². The molecule has 0 bridgehead atoms. The Morgan fingerprint density at radius 3 is 2.15 bits per heavy atom. The average molecular weight is 353 g/mol. The molecule has 0 unspecified atom stereocenters. The highest BCUT2D eigenvalue weighted by molar-refractivity contribution is 6.08. The Hall–Kier alpha value is -3.15. The molecule has 6 nitrogen and oxygen atoms in total. The molecule has 6 heteroatoms. The molecule has 1 aliphatic heterocycles. The fraction of sp³-hybridized carbons (Fsp3) is 0.250. The summed E-state index contributed by atoms with van der Waals surface area (Å²) in [5.74, 6) is -2.17. The standard InChI is InChI=1S/C20H19NO5/c1-20(18(23)24)12-16(21(17(20)22)19(25)26)11-13-7-9-15(10-8-13)14-5-3-2-4-6-14/h2-10,16H,11-12H2,1H3,(H,23,24)(H,25,26)/t16-,20+/m1/s1. The molecule has 0 saturated carbocycles. The molecule has 2 N–H and O–H groups in total. The summed E-state index contributed by atoms with van der Waals surface area (Å²) in [6.45, 7) is 1.28. The molecule has 2 amide bonds. The Kier molecular flexibility index (Phi) is 4.50.